The molecule has 0 bridgehead atoms. The number of nitrogens with one attached hydrogen (secondary N) is 4. The fraction of sp³-hybridized carbons (Fsp3) is 0.290. The van der Waals surface area contributed by atoms with Crippen LogP contribution in [0.5, 0.6) is 0 Å². The van der Waals surface area contributed by atoms with Crippen molar-refractivity contribution in [2.75, 3.05) is 63.8 Å². The maximum absolute atomic E-state index is 14.2. The Hall–Kier alpha value is -10.2. The minimum atomic E-state index is -2.19. The smallest absolute Gasteiger partial charge is 0.478 e. The Morgan fingerprint density at radius 2 is 0.598 bits per heavy atom. The third-order valence-corrected chi connectivity index (χ3v) is 15.1. The SMILES string of the molecule is C.CCN(CC)CC.CI.Cc1c(F)c(F)c(F)c(F)c1C(=O)Cl.Cc1c(F)c(F)c(F)c(F)c1C(=O)NCCNC(=O)c1c(C)c(F)c(F)c(F)c1F.Cc1c(F)c(F)c(F)c(F)c1C(=O)O.Cc1c(F)c(N=[N+]=[N-])c(F)c(F)c1C(=O)NCCNC(=O)c1c(C)c(F)c(N=[N+]=[N-])c(F)c1F.NCCN.O=C(O)c1cc(F)c(F)c(F)c1F.O=S(Cl)Cl.[H+].[N-]=[N+]=[N-].[Na+]. The van der Waals surface area contributed by atoms with Crippen LogP contribution in [0.3, 0.4) is 0 Å². The number of carboxylic acids is 2. The van der Waals surface area contributed by atoms with Crippen molar-refractivity contribution >= 4 is 117 Å². The number of alkyl halides is 1. The number of nitrogens with two attached hydrogens (primary N) is 2. The third kappa shape index (κ3) is 34.4. The molecule has 0 aliphatic rings. The fourth-order valence-corrected chi connectivity index (χ4v) is 9.00. The number of benzene rings is 7. The summed E-state index contributed by atoms with van der Waals surface area (Å²) in [6.07, 6.45) is 0. The van der Waals surface area contributed by atoms with Gasteiger partial charge in [-0.15, -0.1) is 0 Å². The Morgan fingerprint density at radius 3 is 0.811 bits per heavy atom. The van der Waals surface area contributed by atoms with Crippen LogP contribution in [0, 0.1) is 193 Å². The second-order valence-corrected chi connectivity index (χ2v) is 25.1. The standard InChI is InChI=1S/C18H12F8N2O2.C18H12F6N8O2.C8H3ClF4O.C8H4F4O2.C7H2F4O2.C6H15N.C2H8N2.CH3I.CH4.Cl2OS.N3.Na/c1-5-7(11(21)15(25)13(23)9(5)19)17(29)27-3-4-28-18(30)8-6(2)10(20)14(24)16(26)12(8)22;1-5-7(11(21)13(23)15(9(5)19)29-31-25)17(33)27-3-4-28-18(34)8-6(2)10(20)16(30-32-26)14(24)12(8)22;1-2-3(8(9)14)5(11)7(13)6(12)4(2)10;1-2-3(8(13)14)5(10)7(12)6(11)4(2)9;8-3-1-2(7(12)13)4(9)6(11)5(3)10;1-4-7(5-2)6-3;3-1-2-4;1-2;;1-4(2)3;1-3-2;/h3-4H2,1-2H3,(H,27,29)(H,28,30);3-4H2,1-2H3,(H,27,33)(H,28,34);1H3;1H3,(H,13,14);1H,(H,12,13);4-6H2,1-3H3;1-4H2;1H3;1H4;;;/q;;;;;;;;;;-1;+1/p+1. The Bertz CT molecular complexity index is 4890. The van der Waals surface area contributed by atoms with Gasteiger partial charge < -0.3 is 58.9 Å². The summed E-state index contributed by atoms with van der Waals surface area (Å²) < 4.78 is 352. The predicted octanol–water partition coefficient (Wildman–Crippen LogP) is 16.8. The first-order valence-corrected chi connectivity index (χ1v) is 37.9. The largest absolute Gasteiger partial charge is 1.00 e. The zero-order valence-electron chi connectivity index (χ0n) is 66.5. The van der Waals surface area contributed by atoms with Gasteiger partial charge in [0.1, 0.15) is 34.1 Å². The van der Waals surface area contributed by atoms with Gasteiger partial charge in [-0.1, -0.05) is 61.0 Å². The molecule has 0 aromatic heterocycles. The third-order valence-electron chi connectivity index (χ3n) is 14.9. The van der Waals surface area contributed by atoms with E-state index in [1.54, 1.807) is 0 Å². The number of carbonyl (C=O) groups is 7. The second-order valence-electron chi connectivity index (χ2n) is 22.2. The molecule has 0 atom stereocenters. The van der Waals surface area contributed by atoms with Crippen molar-refractivity contribution in [3.05, 3.63) is 266 Å². The predicted molar refractivity (Wildman–Crippen MR) is 413 cm³/mol. The molecule has 0 fully saturated rings. The van der Waals surface area contributed by atoms with Gasteiger partial charge in [0.05, 0.1) is 27.8 Å². The minimum absolute atomic E-state index is 0. The Labute approximate surface area is 753 Å². The Balaban J connectivity index is -0.000000357. The van der Waals surface area contributed by atoms with Crippen molar-refractivity contribution in [1.82, 2.24) is 26.2 Å². The van der Waals surface area contributed by atoms with Crippen LogP contribution < -0.4 is 62.3 Å². The number of rotatable bonds is 19. The molecular formula is C69H64Cl3F26IN16NaO10S+. The van der Waals surface area contributed by atoms with E-state index in [4.69, 9.17) is 59.6 Å². The van der Waals surface area contributed by atoms with Gasteiger partial charge in [-0.3, -0.25) is 28.9 Å². The fourth-order valence-electron chi connectivity index (χ4n) is 8.78. The summed E-state index contributed by atoms with van der Waals surface area (Å²) in [7, 11) is 7.36. The molecule has 7 aromatic rings. The molecular weight excluding hydrogens is 2000 g/mol. The van der Waals surface area contributed by atoms with E-state index in [2.05, 4.69) is 89.7 Å². The van der Waals surface area contributed by atoms with Gasteiger partial charge >= 0.3 is 42.9 Å². The molecule has 0 aliphatic heterocycles. The van der Waals surface area contributed by atoms with Gasteiger partial charge in [0.25, 0.3) is 28.9 Å². The zero-order valence-corrected chi connectivity index (χ0v) is 72.7. The summed E-state index contributed by atoms with van der Waals surface area (Å²) in [5.41, 5.74) is 25.4. The van der Waals surface area contributed by atoms with Crippen LogP contribution in [-0.2, 0) is 9.23 Å². The van der Waals surface area contributed by atoms with Crippen LogP contribution in [0.15, 0.2) is 16.3 Å². The summed E-state index contributed by atoms with van der Waals surface area (Å²) in [6.45, 7) is 14.7. The quantitative estimate of drug-likeness (QED) is 0.00319. The Morgan fingerprint density at radius 1 is 0.394 bits per heavy atom. The van der Waals surface area contributed by atoms with Crippen LogP contribution in [0.4, 0.5) is 126 Å². The van der Waals surface area contributed by atoms with E-state index in [1.165, 1.54) is 24.5 Å². The number of hydrogen-bond donors (Lipinski definition) is 8. The molecule has 26 nitrogen and oxygen atoms in total. The number of halogens is 30. The molecule has 7 aromatic carbocycles. The van der Waals surface area contributed by atoms with Crippen LogP contribution in [0.2, 0.25) is 0 Å². The topological polar surface area (TPSA) is 437 Å². The van der Waals surface area contributed by atoms with Gasteiger partial charge in [-0.05, 0) is 94.8 Å². The number of hydrogen-bond acceptors (Lipinski definition) is 13. The maximum Gasteiger partial charge on any atom is 1.00 e. The van der Waals surface area contributed by atoms with E-state index in [0.29, 0.717) is 13.1 Å². The van der Waals surface area contributed by atoms with Crippen molar-refractivity contribution in [2.45, 2.75) is 69.7 Å². The molecule has 4 amide bonds. The maximum atomic E-state index is 14.2. The molecule has 696 valence electrons. The number of nitrogens with zero attached hydrogens (tertiary/aromatic N) is 10. The van der Waals surface area contributed by atoms with Gasteiger partial charge in [0, 0.05) is 104 Å². The normalized spacial score (nSPS) is 9.83. The van der Waals surface area contributed by atoms with Crippen molar-refractivity contribution in [1.29, 1.82) is 0 Å². The van der Waals surface area contributed by atoms with E-state index in [9.17, 15) is 148 Å². The average Bonchev–Trinajstić information content (AvgIpc) is 0.776. The van der Waals surface area contributed by atoms with Gasteiger partial charge in [-0.2, -0.15) is 0 Å². The number of aromatic carboxylic acids is 2. The number of carbonyl (C=O) groups excluding carboxylic acids is 5. The molecule has 0 saturated carbocycles. The van der Waals surface area contributed by atoms with Crippen molar-refractivity contribution < 1.29 is 193 Å². The molecule has 127 heavy (non-hydrogen) atoms. The average molecular weight is 2060 g/mol. The first-order chi connectivity index (χ1) is 58.0. The van der Waals surface area contributed by atoms with Crippen LogP contribution in [0.1, 0.15) is 136 Å². The molecule has 7 rings (SSSR count). The van der Waals surface area contributed by atoms with Crippen LogP contribution in [-0.4, -0.2) is 124 Å². The summed E-state index contributed by atoms with van der Waals surface area (Å²) in [5.74, 6) is -58.2. The zero-order chi connectivity index (χ0) is 98.3. The van der Waals surface area contributed by atoms with Gasteiger partial charge in [0.15, 0.2) is 140 Å². The van der Waals surface area contributed by atoms with E-state index in [-0.39, 0.29) is 44.5 Å². The van der Waals surface area contributed by atoms with E-state index < -0.39 is 311 Å². The molecule has 58 heteroatoms. The molecule has 0 radical (unpaired) electrons. The first-order valence-electron chi connectivity index (χ1n) is 32.6. The molecule has 0 aliphatic carbocycles. The molecule has 0 spiro atoms. The first kappa shape index (κ1) is 125. The minimum Gasteiger partial charge on any atom is -0.478 e. The number of azide groups is 2. The summed E-state index contributed by atoms with van der Waals surface area (Å²) in [5, 5.41) is 28.6. The van der Waals surface area contributed by atoms with E-state index >= 15 is 0 Å². The van der Waals surface area contributed by atoms with Gasteiger partial charge in [0.2, 0.25) is 9.23 Å². The molecule has 0 heterocycles. The van der Waals surface area contributed by atoms with Crippen molar-refractivity contribution in [3.8, 4) is 0 Å². The number of carboxylic acid groups (broad SMARTS) is 2. The van der Waals surface area contributed by atoms with E-state index in [1.807, 2.05) is 26.2 Å². The monoisotopic (exact) mass is 2060 g/mol. The van der Waals surface area contributed by atoms with E-state index in [0.717, 1.165) is 41.5 Å². The van der Waals surface area contributed by atoms with Crippen LogP contribution in [0.25, 0.3) is 36.9 Å². The molecule has 0 saturated heterocycles. The van der Waals surface area contributed by atoms with Gasteiger partial charge in [-0.25, -0.2) is 128 Å². The second kappa shape index (κ2) is 60.5. The Kier molecular flexibility index (Phi) is 59.7. The van der Waals surface area contributed by atoms with Crippen molar-refractivity contribution in [2.24, 2.45) is 21.7 Å². The molecule has 0 unspecified atom stereocenters. The summed E-state index contributed by atoms with van der Waals surface area (Å²) >= 11 is 7.03. The summed E-state index contributed by atoms with van der Waals surface area (Å²) in [6, 6.07) is 0.0794. The van der Waals surface area contributed by atoms with Crippen molar-refractivity contribution in [3.63, 3.8) is 0 Å². The summed E-state index contributed by atoms with van der Waals surface area (Å²) in [4.78, 5) is 89.5. The number of amides is 4. The van der Waals surface area contributed by atoms with Crippen LogP contribution >= 0.6 is 55.6 Å². The molecule has 10 N–H and O–H groups in total.